The van der Waals surface area contributed by atoms with Gasteiger partial charge < -0.3 is 15.2 Å². The molecule has 0 aliphatic heterocycles. The lowest BCUT2D eigenvalue weighted by Gasteiger charge is -2.30. The van der Waals surface area contributed by atoms with Crippen LogP contribution < -0.4 is 10.6 Å². The van der Waals surface area contributed by atoms with Crippen LogP contribution in [-0.2, 0) is 28.0 Å². The summed E-state index contributed by atoms with van der Waals surface area (Å²) in [6.45, 7) is 11.8. The Morgan fingerprint density at radius 1 is 1.26 bits per heavy atom. The van der Waals surface area contributed by atoms with E-state index in [4.69, 9.17) is 11.6 Å². The van der Waals surface area contributed by atoms with Crippen molar-refractivity contribution in [1.29, 1.82) is 0 Å². The van der Waals surface area contributed by atoms with Gasteiger partial charge in [0.1, 0.15) is 11.6 Å². The summed E-state index contributed by atoms with van der Waals surface area (Å²) >= 11 is 6.00. The fraction of sp³-hybridized carbons (Fsp3) is 0.593. The predicted octanol–water partition coefficient (Wildman–Crippen LogP) is 5.67. The molecule has 2 unspecified atom stereocenters. The number of nitrogens with one attached hydrogen (secondary N) is 2. The molecule has 0 spiro atoms. The van der Waals surface area contributed by atoms with Crippen molar-refractivity contribution in [2.24, 2.45) is 5.41 Å². The van der Waals surface area contributed by atoms with Gasteiger partial charge in [-0.25, -0.2) is 9.37 Å². The summed E-state index contributed by atoms with van der Waals surface area (Å²) in [4.78, 5) is 30.1. The summed E-state index contributed by atoms with van der Waals surface area (Å²) in [5.41, 5.74) is 0.745. The molecular weight excluding hydrogens is 467 g/mol. The van der Waals surface area contributed by atoms with Gasteiger partial charge in [0.25, 0.3) is 0 Å². The van der Waals surface area contributed by atoms with Gasteiger partial charge in [-0.05, 0) is 62.8 Å². The molecule has 1 aromatic heterocycles. The Labute approximate surface area is 213 Å². The van der Waals surface area contributed by atoms with Crippen molar-refractivity contribution in [1.82, 2.24) is 14.9 Å². The molecule has 1 aromatic carbocycles. The van der Waals surface area contributed by atoms with Crippen LogP contribution in [0.4, 0.5) is 10.2 Å². The molecule has 0 radical (unpaired) electrons. The molecule has 3 rings (SSSR count). The molecule has 8 heteroatoms. The standard InChI is InChI=1S/C27H38ClFN4O2/c1-7-8-22(31-19-10-9-17-11-18(28)12-21(29)20(17)13-19)25(35)32-24-15-33(16-30-24)27(5,6)14-23(34)26(2,3)4/h11-12,15-16,19,22,31H,7-10,13-14H2,1-6H3,(H,32,35). The molecule has 1 aliphatic rings. The smallest absolute Gasteiger partial charge is 0.242 e. The van der Waals surface area contributed by atoms with Crippen molar-refractivity contribution in [3.05, 3.63) is 46.6 Å². The van der Waals surface area contributed by atoms with Crippen molar-refractivity contribution in [3.63, 3.8) is 0 Å². The van der Waals surface area contributed by atoms with Crippen LogP contribution in [0.2, 0.25) is 5.02 Å². The van der Waals surface area contributed by atoms with E-state index in [0.717, 1.165) is 24.8 Å². The monoisotopic (exact) mass is 504 g/mol. The first-order valence-electron chi connectivity index (χ1n) is 12.4. The minimum atomic E-state index is -0.468. The van der Waals surface area contributed by atoms with Crippen molar-refractivity contribution in [3.8, 4) is 0 Å². The van der Waals surface area contributed by atoms with Crippen LogP contribution in [0.1, 0.15) is 78.4 Å². The molecule has 0 saturated heterocycles. The van der Waals surface area contributed by atoms with Gasteiger partial charge in [-0.1, -0.05) is 45.7 Å². The number of benzene rings is 1. The van der Waals surface area contributed by atoms with Crippen molar-refractivity contribution in [2.45, 2.75) is 97.7 Å². The zero-order valence-electron chi connectivity index (χ0n) is 21.7. The fourth-order valence-electron chi connectivity index (χ4n) is 4.47. The van der Waals surface area contributed by atoms with E-state index in [-0.39, 0.29) is 23.5 Å². The molecule has 6 nitrogen and oxygen atoms in total. The number of amides is 1. The number of nitrogens with zero attached hydrogens (tertiary/aromatic N) is 2. The van der Waals surface area contributed by atoms with E-state index in [1.54, 1.807) is 12.5 Å². The number of hydrogen-bond donors (Lipinski definition) is 2. The maximum Gasteiger partial charge on any atom is 0.242 e. The highest BCUT2D eigenvalue weighted by Crippen LogP contribution is 2.29. The number of rotatable bonds is 9. The first-order chi connectivity index (χ1) is 16.3. The maximum atomic E-state index is 14.5. The van der Waals surface area contributed by atoms with E-state index in [2.05, 4.69) is 15.6 Å². The molecule has 0 bridgehead atoms. The summed E-state index contributed by atoms with van der Waals surface area (Å²) in [7, 11) is 0. The third-order valence-corrected chi connectivity index (χ3v) is 6.98. The van der Waals surface area contributed by atoms with Crippen molar-refractivity contribution < 1.29 is 14.0 Å². The van der Waals surface area contributed by atoms with Crippen LogP contribution in [0.15, 0.2) is 24.7 Å². The number of Topliss-reactive ketones (excluding diaryl/α,β-unsaturated/α-hetero) is 1. The molecule has 2 atom stereocenters. The second kappa shape index (κ2) is 10.8. The lowest BCUT2D eigenvalue weighted by Crippen LogP contribution is -2.48. The first kappa shape index (κ1) is 27.3. The lowest BCUT2D eigenvalue weighted by molar-refractivity contribution is -0.128. The van der Waals surface area contributed by atoms with Gasteiger partial charge in [0.05, 0.1) is 12.4 Å². The molecular formula is C27H38ClFN4O2. The Kier molecular flexibility index (Phi) is 8.43. The van der Waals surface area contributed by atoms with Crippen molar-refractivity contribution >= 4 is 29.1 Å². The van der Waals surface area contributed by atoms with Gasteiger partial charge in [-0.15, -0.1) is 0 Å². The molecule has 35 heavy (non-hydrogen) atoms. The SMILES string of the molecule is CCCC(NC1CCc2cc(Cl)cc(F)c2C1)C(=O)Nc1cn(C(C)(C)CC(=O)C(C)(C)C)cn1. The summed E-state index contributed by atoms with van der Waals surface area (Å²) in [5.74, 6) is 0.169. The fourth-order valence-corrected chi connectivity index (χ4v) is 4.70. The molecule has 2 aromatic rings. The molecule has 1 amide bonds. The van der Waals surface area contributed by atoms with E-state index in [1.165, 1.54) is 6.07 Å². The highest BCUT2D eigenvalue weighted by molar-refractivity contribution is 6.30. The van der Waals surface area contributed by atoms with Crippen molar-refractivity contribution in [2.75, 3.05) is 5.32 Å². The number of ketones is 1. The van der Waals surface area contributed by atoms with E-state index in [9.17, 15) is 14.0 Å². The zero-order chi connectivity index (χ0) is 26.0. The Hall–Kier alpha value is -2.25. The van der Waals surface area contributed by atoms with Crippen LogP contribution in [0, 0.1) is 11.2 Å². The number of anilines is 1. The third-order valence-electron chi connectivity index (χ3n) is 6.76. The van der Waals surface area contributed by atoms with Crippen LogP contribution in [0.5, 0.6) is 0 Å². The summed E-state index contributed by atoms with van der Waals surface area (Å²) < 4.78 is 16.3. The topological polar surface area (TPSA) is 76.0 Å². The van der Waals surface area contributed by atoms with Crippen LogP contribution in [0.3, 0.4) is 0 Å². The van der Waals surface area contributed by atoms with E-state index >= 15 is 0 Å². The number of halogens is 2. The quantitative estimate of drug-likeness (QED) is 0.461. The van der Waals surface area contributed by atoms with Gasteiger partial charge in [-0.3, -0.25) is 9.59 Å². The first-order valence-corrected chi connectivity index (χ1v) is 12.8. The van der Waals surface area contributed by atoms with Crippen LogP contribution in [-0.4, -0.2) is 33.3 Å². The number of aromatic nitrogens is 2. The maximum absolute atomic E-state index is 14.5. The van der Waals surface area contributed by atoms with Crippen LogP contribution >= 0.6 is 11.6 Å². The summed E-state index contributed by atoms with van der Waals surface area (Å²) in [6, 6.07) is 2.77. The molecule has 1 heterocycles. The highest BCUT2D eigenvalue weighted by Gasteiger charge is 2.31. The zero-order valence-corrected chi connectivity index (χ0v) is 22.4. The largest absolute Gasteiger partial charge is 0.329 e. The number of fused-ring (bicyclic) bond motifs is 1. The van der Waals surface area contributed by atoms with Gasteiger partial charge in [-0.2, -0.15) is 0 Å². The second-order valence-corrected chi connectivity index (χ2v) is 11.7. The third kappa shape index (κ3) is 6.91. The average molecular weight is 505 g/mol. The van der Waals surface area contributed by atoms with Gasteiger partial charge >= 0.3 is 0 Å². The highest BCUT2D eigenvalue weighted by atomic mass is 35.5. The molecule has 0 saturated carbocycles. The van der Waals surface area contributed by atoms with Gasteiger partial charge in [0, 0.05) is 34.6 Å². The Morgan fingerprint density at radius 3 is 2.63 bits per heavy atom. The Morgan fingerprint density at radius 2 is 1.97 bits per heavy atom. The Bertz CT molecular complexity index is 1070. The molecule has 192 valence electrons. The van der Waals surface area contributed by atoms with E-state index in [1.807, 2.05) is 52.2 Å². The molecule has 2 N–H and O–H groups in total. The summed E-state index contributed by atoms with van der Waals surface area (Å²) in [5, 5.41) is 6.79. The number of imidazole rings is 1. The second-order valence-electron chi connectivity index (χ2n) is 11.3. The number of carbonyl (C=O) groups is 2. The minimum absolute atomic E-state index is 0.000349. The normalized spacial score (nSPS) is 17.1. The van der Waals surface area contributed by atoms with Crippen LogP contribution in [0.25, 0.3) is 0 Å². The number of hydrogen-bond acceptors (Lipinski definition) is 4. The van der Waals surface area contributed by atoms with E-state index in [0.29, 0.717) is 35.7 Å². The number of carbonyl (C=O) groups excluding carboxylic acids is 2. The lowest BCUT2D eigenvalue weighted by atomic mass is 9.83. The number of aryl methyl sites for hydroxylation is 1. The average Bonchev–Trinajstić information content (AvgIpc) is 3.22. The molecule has 0 fully saturated rings. The van der Waals surface area contributed by atoms with Gasteiger partial charge in [0.15, 0.2) is 5.82 Å². The predicted molar refractivity (Wildman–Crippen MR) is 138 cm³/mol. The molecule has 1 aliphatic carbocycles. The Balaban J connectivity index is 1.65. The van der Waals surface area contributed by atoms with E-state index < -0.39 is 17.0 Å². The van der Waals surface area contributed by atoms with Gasteiger partial charge in [0.2, 0.25) is 5.91 Å². The minimum Gasteiger partial charge on any atom is -0.329 e. The summed E-state index contributed by atoms with van der Waals surface area (Å²) in [6.07, 6.45) is 7.33.